The van der Waals surface area contributed by atoms with Crippen molar-refractivity contribution in [3.63, 3.8) is 0 Å². The smallest absolute Gasteiger partial charge is 0.322 e. The first kappa shape index (κ1) is 10.9. The van der Waals surface area contributed by atoms with Gasteiger partial charge in [0.25, 0.3) is 0 Å². The molecular weight excluding hydrogens is 208 g/mol. The molecule has 0 bridgehead atoms. The van der Waals surface area contributed by atoms with Gasteiger partial charge in [-0.15, -0.1) is 0 Å². The Balaban J connectivity index is 2.01. The number of nitrogens with one attached hydrogen (secondary N) is 2. The average Bonchev–Trinajstić information content (AvgIpc) is 2.62. The molecule has 0 radical (unpaired) electrons. The summed E-state index contributed by atoms with van der Waals surface area (Å²) in [5.74, 6) is 0.640. The molecule has 16 heavy (non-hydrogen) atoms. The van der Waals surface area contributed by atoms with Gasteiger partial charge < -0.3 is 20.1 Å². The van der Waals surface area contributed by atoms with Crippen LogP contribution in [-0.4, -0.2) is 42.3 Å². The van der Waals surface area contributed by atoms with E-state index in [1.54, 1.807) is 11.8 Å². The molecule has 2 heterocycles. The maximum atomic E-state index is 11.9. The number of aryl methyl sites for hydroxylation is 2. The van der Waals surface area contributed by atoms with Gasteiger partial charge in [-0.05, 0) is 13.8 Å². The van der Waals surface area contributed by atoms with Gasteiger partial charge in [-0.2, -0.15) is 0 Å². The Labute approximate surface area is 94.0 Å². The normalized spacial score (nSPS) is 16.2. The van der Waals surface area contributed by atoms with Crippen molar-refractivity contribution < 1.29 is 9.32 Å². The molecule has 1 aromatic rings. The van der Waals surface area contributed by atoms with E-state index in [1.165, 1.54) is 0 Å². The van der Waals surface area contributed by atoms with Crippen LogP contribution < -0.4 is 10.6 Å². The summed E-state index contributed by atoms with van der Waals surface area (Å²) in [5.41, 5.74) is 1.39. The van der Waals surface area contributed by atoms with Gasteiger partial charge in [-0.1, -0.05) is 5.16 Å². The van der Waals surface area contributed by atoms with Crippen LogP contribution in [0.4, 0.5) is 10.5 Å². The van der Waals surface area contributed by atoms with Crippen LogP contribution in [0, 0.1) is 13.8 Å². The van der Waals surface area contributed by atoms with Gasteiger partial charge in [0.05, 0.1) is 0 Å². The molecule has 88 valence electrons. The summed E-state index contributed by atoms with van der Waals surface area (Å²) in [4.78, 5) is 13.7. The van der Waals surface area contributed by atoms with Gasteiger partial charge in [0.2, 0.25) is 0 Å². The molecule has 0 unspecified atom stereocenters. The molecule has 1 saturated heterocycles. The highest BCUT2D eigenvalue weighted by atomic mass is 16.5. The van der Waals surface area contributed by atoms with Crippen LogP contribution in [0.1, 0.15) is 11.5 Å². The Bertz CT molecular complexity index is 363. The number of aromatic nitrogens is 1. The number of piperazine rings is 1. The Morgan fingerprint density at radius 3 is 2.69 bits per heavy atom. The zero-order chi connectivity index (χ0) is 11.5. The van der Waals surface area contributed by atoms with Crippen LogP contribution >= 0.6 is 0 Å². The van der Waals surface area contributed by atoms with Gasteiger partial charge in [0, 0.05) is 26.2 Å². The molecule has 2 N–H and O–H groups in total. The summed E-state index contributed by atoms with van der Waals surface area (Å²) in [6, 6.07) is -0.0871. The number of hydrogen-bond acceptors (Lipinski definition) is 4. The van der Waals surface area contributed by atoms with Crippen molar-refractivity contribution in [3.8, 4) is 0 Å². The van der Waals surface area contributed by atoms with Gasteiger partial charge in [0.15, 0.2) is 5.76 Å². The fourth-order valence-corrected chi connectivity index (χ4v) is 1.72. The number of carbonyl (C=O) groups excluding carboxylic acids is 1. The minimum absolute atomic E-state index is 0.0871. The summed E-state index contributed by atoms with van der Waals surface area (Å²) in [7, 11) is 0. The van der Waals surface area contributed by atoms with E-state index in [1.807, 2.05) is 6.92 Å². The number of hydrogen-bond donors (Lipinski definition) is 2. The number of anilines is 1. The number of nitrogens with zero attached hydrogens (tertiary/aromatic N) is 2. The summed E-state index contributed by atoms with van der Waals surface area (Å²) in [5, 5.41) is 9.82. The SMILES string of the molecule is Cc1noc(C)c1NC(=O)N1CCNCC1. The van der Waals surface area contributed by atoms with E-state index >= 15 is 0 Å². The first-order valence-corrected chi connectivity index (χ1v) is 5.38. The number of amides is 2. The fraction of sp³-hybridized carbons (Fsp3) is 0.600. The second-order valence-corrected chi connectivity index (χ2v) is 3.87. The number of urea groups is 1. The van der Waals surface area contributed by atoms with E-state index < -0.39 is 0 Å². The Kier molecular flexibility index (Phi) is 3.09. The van der Waals surface area contributed by atoms with Crippen LogP contribution in [0.5, 0.6) is 0 Å². The molecule has 6 heteroatoms. The average molecular weight is 224 g/mol. The maximum Gasteiger partial charge on any atom is 0.322 e. The van der Waals surface area contributed by atoms with E-state index in [2.05, 4.69) is 15.8 Å². The Hall–Kier alpha value is -1.56. The van der Waals surface area contributed by atoms with Crippen molar-refractivity contribution in [2.75, 3.05) is 31.5 Å². The first-order valence-electron chi connectivity index (χ1n) is 5.38. The monoisotopic (exact) mass is 224 g/mol. The lowest BCUT2D eigenvalue weighted by Gasteiger charge is -2.27. The number of carbonyl (C=O) groups is 1. The largest absolute Gasteiger partial charge is 0.359 e. The topological polar surface area (TPSA) is 70.4 Å². The third kappa shape index (κ3) is 2.16. The van der Waals surface area contributed by atoms with E-state index in [-0.39, 0.29) is 6.03 Å². The summed E-state index contributed by atoms with van der Waals surface area (Å²) < 4.78 is 4.99. The van der Waals surface area contributed by atoms with Crippen molar-refractivity contribution in [2.45, 2.75) is 13.8 Å². The van der Waals surface area contributed by atoms with Crippen LogP contribution in [0.2, 0.25) is 0 Å². The quantitative estimate of drug-likeness (QED) is 0.737. The number of rotatable bonds is 1. The van der Waals surface area contributed by atoms with Crippen molar-refractivity contribution in [1.82, 2.24) is 15.4 Å². The molecule has 0 saturated carbocycles. The van der Waals surface area contributed by atoms with Crippen LogP contribution in [0.25, 0.3) is 0 Å². The lowest BCUT2D eigenvalue weighted by molar-refractivity contribution is 0.204. The molecule has 0 atom stereocenters. The lowest BCUT2D eigenvalue weighted by atomic mass is 10.3. The minimum Gasteiger partial charge on any atom is -0.359 e. The molecule has 0 aromatic carbocycles. The highest BCUT2D eigenvalue weighted by molar-refractivity contribution is 5.90. The Morgan fingerprint density at radius 2 is 2.12 bits per heavy atom. The predicted octanol–water partition coefficient (Wildman–Crippen LogP) is 0.729. The molecule has 2 rings (SSSR count). The molecule has 1 aliphatic heterocycles. The molecule has 1 aromatic heterocycles. The minimum atomic E-state index is -0.0871. The summed E-state index contributed by atoms with van der Waals surface area (Å²) in [6.07, 6.45) is 0. The first-order chi connectivity index (χ1) is 7.68. The second-order valence-electron chi connectivity index (χ2n) is 3.87. The highest BCUT2D eigenvalue weighted by Gasteiger charge is 2.19. The summed E-state index contributed by atoms with van der Waals surface area (Å²) >= 11 is 0. The van der Waals surface area contributed by atoms with Crippen molar-refractivity contribution >= 4 is 11.7 Å². The van der Waals surface area contributed by atoms with E-state index in [4.69, 9.17) is 4.52 Å². The third-order valence-electron chi connectivity index (χ3n) is 2.67. The molecule has 1 aliphatic rings. The van der Waals surface area contributed by atoms with Crippen LogP contribution in [-0.2, 0) is 0 Å². The lowest BCUT2D eigenvalue weighted by Crippen LogP contribution is -2.48. The summed E-state index contributed by atoms with van der Waals surface area (Å²) in [6.45, 7) is 6.74. The Morgan fingerprint density at radius 1 is 1.44 bits per heavy atom. The molecule has 2 amide bonds. The third-order valence-corrected chi connectivity index (χ3v) is 2.67. The molecular formula is C10H16N4O2. The van der Waals surface area contributed by atoms with Gasteiger partial charge in [-0.25, -0.2) is 4.79 Å². The standard InChI is InChI=1S/C10H16N4O2/c1-7-9(8(2)16-13-7)12-10(15)14-5-3-11-4-6-14/h11H,3-6H2,1-2H3,(H,12,15). The molecule has 0 aliphatic carbocycles. The van der Waals surface area contributed by atoms with Gasteiger partial charge in [-0.3, -0.25) is 0 Å². The van der Waals surface area contributed by atoms with Gasteiger partial charge in [0.1, 0.15) is 11.4 Å². The van der Waals surface area contributed by atoms with E-state index in [0.717, 1.165) is 26.2 Å². The van der Waals surface area contributed by atoms with Crippen molar-refractivity contribution in [2.24, 2.45) is 0 Å². The zero-order valence-electron chi connectivity index (χ0n) is 9.54. The highest BCUT2D eigenvalue weighted by Crippen LogP contribution is 2.19. The fourth-order valence-electron chi connectivity index (χ4n) is 1.72. The zero-order valence-corrected chi connectivity index (χ0v) is 9.54. The molecule has 1 fully saturated rings. The maximum absolute atomic E-state index is 11.9. The molecule has 0 spiro atoms. The second kappa shape index (κ2) is 4.52. The van der Waals surface area contributed by atoms with Gasteiger partial charge >= 0.3 is 6.03 Å². The van der Waals surface area contributed by atoms with E-state index in [9.17, 15) is 4.79 Å². The van der Waals surface area contributed by atoms with E-state index in [0.29, 0.717) is 17.1 Å². The van der Waals surface area contributed by atoms with Crippen LogP contribution in [0.3, 0.4) is 0 Å². The van der Waals surface area contributed by atoms with Crippen molar-refractivity contribution in [3.05, 3.63) is 11.5 Å². The predicted molar refractivity (Wildman–Crippen MR) is 59.4 cm³/mol. The van der Waals surface area contributed by atoms with Crippen molar-refractivity contribution in [1.29, 1.82) is 0 Å². The van der Waals surface area contributed by atoms with Crippen LogP contribution in [0.15, 0.2) is 4.52 Å². The molecule has 6 nitrogen and oxygen atoms in total.